The summed E-state index contributed by atoms with van der Waals surface area (Å²) in [5, 5.41) is 8.86. The van der Waals surface area contributed by atoms with Crippen molar-refractivity contribution in [1.29, 1.82) is 0 Å². The van der Waals surface area contributed by atoms with Gasteiger partial charge in [-0.15, -0.1) is 0 Å². The lowest BCUT2D eigenvalue weighted by atomic mass is 10.1. The average Bonchev–Trinajstić information content (AvgIpc) is 2.42. The Morgan fingerprint density at radius 1 is 1.29 bits per heavy atom. The quantitative estimate of drug-likeness (QED) is 0.912. The van der Waals surface area contributed by atoms with E-state index in [0.717, 1.165) is 11.1 Å². The van der Waals surface area contributed by atoms with Gasteiger partial charge >= 0.3 is 5.97 Å². The van der Waals surface area contributed by atoms with Crippen LogP contribution in [0.2, 0.25) is 0 Å². The van der Waals surface area contributed by atoms with Gasteiger partial charge in [0.05, 0.1) is 18.7 Å². The monoisotopic (exact) mass is 287 g/mol. The highest BCUT2D eigenvalue weighted by Gasteiger charge is 2.11. The third-order valence-corrected chi connectivity index (χ3v) is 3.16. The van der Waals surface area contributed by atoms with Crippen molar-refractivity contribution in [2.24, 2.45) is 0 Å². The molecule has 1 aromatic heterocycles. The highest BCUT2D eigenvalue weighted by Crippen LogP contribution is 2.16. The van der Waals surface area contributed by atoms with Crippen molar-refractivity contribution in [2.45, 2.75) is 20.0 Å². The number of pyridine rings is 1. The first-order valence-electron chi connectivity index (χ1n) is 6.54. The number of hydrogen-bond donors (Lipinski definition) is 1. The normalized spacial score (nSPS) is 10.6. The second-order valence-corrected chi connectivity index (χ2v) is 4.84. The maximum atomic E-state index is 12.4. The number of rotatable bonds is 5. The van der Waals surface area contributed by atoms with Crippen LogP contribution in [0.3, 0.4) is 0 Å². The summed E-state index contributed by atoms with van der Waals surface area (Å²) < 4.78 is 6.63. The van der Waals surface area contributed by atoms with E-state index in [9.17, 15) is 9.59 Å². The molecule has 0 aliphatic heterocycles. The van der Waals surface area contributed by atoms with E-state index in [0.29, 0.717) is 12.3 Å². The molecule has 0 radical (unpaired) electrons. The molecule has 5 nitrogen and oxygen atoms in total. The zero-order chi connectivity index (χ0) is 15.4. The fourth-order valence-corrected chi connectivity index (χ4v) is 2.25. The number of aryl methyl sites for hydroxylation is 1. The van der Waals surface area contributed by atoms with Crippen molar-refractivity contribution < 1.29 is 14.6 Å². The largest absolute Gasteiger partial charge is 0.481 e. The molecular formula is C16H17NO4. The molecule has 1 N–H and O–H groups in total. The Hall–Kier alpha value is -2.40. The predicted octanol–water partition coefficient (Wildman–Crippen LogP) is 1.92. The first-order valence-corrected chi connectivity index (χ1v) is 6.54. The van der Waals surface area contributed by atoms with Crippen molar-refractivity contribution in [1.82, 2.24) is 4.57 Å². The van der Waals surface area contributed by atoms with E-state index < -0.39 is 5.97 Å². The molecule has 2 rings (SSSR count). The van der Waals surface area contributed by atoms with Crippen LogP contribution in [-0.2, 0) is 22.6 Å². The van der Waals surface area contributed by atoms with Gasteiger partial charge in [0.2, 0.25) is 0 Å². The van der Waals surface area contributed by atoms with Crippen LogP contribution in [0.4, 0.5) is 0 Å². The van der Waals surface area contributed by atoms with E-state index in [2.05, 4.69) is 0 Å². The van der Waals surface area contributed by atoms with Crippen LogP contribution < -0.4 is 5.56 Å². The molecule has 0 saturated carbocycles. The third kappa shape index (κ3) is 3.38. The molecule has 2 aromatic rings. The maximum Gasteiger partial charge on any atom is 0.308 e. The first kappa shape index (κ1) is 15.0. The van der Waals surface area contributed by atoms with Gasteiger partial charge in [0.25, 0.3) is 5.56 Å². The maximum absolute atomic E-state index is 12.4. The lowest BCUT2D eigenvalue weighted by Gasteiger charge is -2.13. The summed E-state index contributed by atoms with van der Waals surface area (Å²) >= 11 is 0. The van der Waals surface area contributed by atoms with Crippen molar-refractivity contribution in [2.75, 3.05) is 7.11 Å². The van der Waals surface area contributed by atoms with E-state index in [1.54, 1.807) is 19.4 Å². The molecule has 5 heteroatoms. The van der Waals surface area contributed by atoms with Crippen LogP contribution in [0.25, 0.3) is 5.69 Å². The summed E-state index contributed by atoms with van der Waals surface area (Å²) in [5.41, 5.74) is 2.60. The number of hydrogen-bond acceptors (Lipinski definition) is 3. The van der Waals surface area contributed by atoms with Crippen molar-refractivity contribution in [3.63, 3.8) is 0 Å². The number of ether oxygens (including phenoxy) is 1. The summed E-state index contributed by atoms with van der Waals surface area (Å²) in [4.78, 5) is 23.2. The molecular weight excluding hydrogens is 270 g/mol. The van der Waals surface area contributed by atoms with Gasteiger partial charge < -0.3 is 9.84 Å². The third-order valence-electron chi connectivity index (χ3n) is 3.16. The van der Waals surface area contributed by atoms with Gasteiger partial charge in [0.1, 0.15) is 0 Å². The van der Waals surface area contributed by atoms with Gasteiger partial charge in [-0.05, 0) is 19.1 Å². The number of aromatic nitrogens is 1. The van der Waals surface area contributed by atoms with Crippen LogP contribution >= 0.6 is 0 Å². The number of carbonyl (C=O) groups is 1. The van der Waals surface area contributed by atoms with Crippen LogP contribution in [0.5, 0.6) is 0 Å². The Morgan fingerprint density at radius 3 is 2.71 bits per heavy atom. The Kier molecular flexibility index (Phi) is 4.55. The van der Waals surface area contributed by atoms with Gasteiger partial charge in [0.15, 0.2) is 0 Å². The molecule has 0 bridgehead atoms. The molecule has 0 aliphatic rings. The lowest BCUT2D eigenvalue weighted by Crippen LogP contribution is -2.24. The van der Waals surface area contributed by atoms with Crippen molar-refractivity contribution in [3.05, 3.63) is 63.6 Å². The van der Waals surface area contributed by atoms with Gasteiger partial charge in [0, 0.05) is 24.4 Å². The van der Waals surface area contributed by atoms with Crippen molar-refractivity contribution >= 4 is 5.97 Å². The SMILES string of the molecule is COCc1cc(C)ccc1-n1cccc(CC(=O)O)c1=O. The molecule has 0 spiro atoms. The fraction of sp³-hybridized carbons (Fsp3) is 0.250. The van der Waals surface area contributed by atoms with Crippen molar-refractivity contribution in [3.8, 4) is 5.69 Å². The number of benzene rings is 1. The highest BCUT2D eigenvalue weighted by atomic mass is 16.5. The summed E-state index contributed by atoms with van der Waals surface area (Å²) in [6.07, 6.45) is 1.35. The topological polar surface area (TPSA) is 68.5 Å². The molecule has 0 aliphatic carbocycles. The minimum Gasteiger partial charge on any atom is -0.481 e. The average molecular weight is 287 g/mol. The molecule has 1 heterocycles. The molecule has 0 unspecified atom stereocenters. The van der Waals surface area contributed by atoms with Gasteiger partial charge in [-0.2, -0.15) is 0 Å². The van der Waals surface area contributed by atoms with Gasteiger partial charge in [-0.3, -0.25) is 14.2 Å². The number of methoxy groups -OCH3 is 1. The Bertz CT molecular complexity index is 718. The predicted molar refractivity (Wildman–Crippen MR) is 78.8 cm³/mol. The molecule has 0 saturated heterocycles. The molecule has 0 atom stereocenters. The molecule has 1 aromatic carbocycles. The Balaban J connectivity index is 2.57. The zero-order valence-corrected chi connectivity index (χ0v) is 12.0. The summed E-state index contributed by atoms with van der Waals surface area (Å²) in [6.45, 7) is 2.35. The number of nitrogens with zero attached hydrogens (tertiary/aromatic N) is 1. The van der Waals surface area contributed by atoms with E-state index in [4.69, 9.17) is 9.84 Å². The number of carboxylic acid groups (broad SMARTS) is 1. The number of aliphatic carboxylic acids is 1. The Labute approximate surface area is 122 Å². The first-order chi connectivity index (χ1) is 10.0. The summed E-state index contributed by atoms with van der Waals surface area (Å²) in [6, 6.07) is 8.92. The van der Waals surface area contributed by atoms with Crippen LogP contribution in [-0.4, -0.2) is 22.8 Å². The van der Waals surface area contributed by atoms with Crippen LogP contribution in [0.15, 0.2) is 41.3 Å². The molecule has 0 amide bonds. The fourth-order valence-electron chi connectivity index (χ4n) is 2.25. The minimum atomic E-state index is -1.02. The highest BCUT2D eigenvalue weighted by molar-refractivity contribution is 5.70. The smallest absolute Gasteiger partial charge is 0.308 e. The summed E-state index contributed by atoms with van der Waals surface area (Å²) in [7, 11) is 1.59. The molecule has 21 heavy (non-hydrogen) atoms. The minimum absolute atomic E-state index is 0.258. The number of carboxylic acids is 1. The second kappa shape index (κ2) is 6.37. The van der Waals surface area contributed by atoms with Crippen LogP contribution in [0, 0.1) is 6.92 Å². The van der Waals surface area contributed by atoms with Gasteiger partial charge in [-0.25, -0.2) is 0 Å². The van der Waals surface area contributed by atoms with Gasteiger partial charge in [-0.1, -0.05) is 23.8 Å². The zero-order valence-electron chi connectivity index (χ0n) is 12.0. The van der Waals surface area contributed by atoms with E-state index in [1.165, 1.54) is 10.6 Å². The molecule has 0 fully saturated rings. The Morgan fingerprint density at radius 2 is 2.05 bits per heavy atom. The van der Waals surface area contributed by atoms with Crippen LogP contribution in [0.1, 0.15) is 16.7 Å². The second-order valence-electron chi connectivity index (χ2n) is 4.84. The standard InChI is InChI=1S/C16H17NO4/c1-11-5-6-14(13(8-11)10-21-2)17-7-3-4-12(16(17)20)9-15(18)19/h3-8H,9-10H2,1-2H3,(H,18,19). The van der Waals surface area contributed by atoms with E-state index >= 15 is 0 Å². The molecule has 110 valence electrons. The lowest BCUT2D eigenvalue weighted by molar-refractivity contribution is -0.136. The van der Waals surface area contributed by atoms with E-state index in [-0.39, 0.29) is 17.5 Å². The summed E-state index contributed by atoms with van der Waals surface area (Å²) in [5.74, 6) is -1.02. The van der Waals surface area contributed by atoms with E-state index in [1.807, 2.05) is 25.1 Å².